The Bertz CT molecular complexity index is 492. The first-order valence-electron chi connectivity index (χ1n) is 7.65. The number of hydrogen-bond acceptors (Lipinski definition) is 4. The van der Waals surface area contributed by atoms with Gasteiger partial charge in [-0.25, -0.2) is 0 Å². The normalized spacial score (nSPS) is 17.2. The van der Waals surface area contributed by atoms with Crippen LogP contribution in [0, 0.1) is 0 Å². The summed E-state index contributed by atoms with van der Waals surface area (Å²) in [5.74, 6) is 0.967. The minimum absolute atomic E-state index is 0.100. The molecular weight excluding hydrogens is 264 g/mol. The lowest BCUT2D eigenvalue weighted by atomic mass is 10.1. The molecule has 0 saturated carbocycles. The highest BCUT2D eigenvalue weighted by Crippen LogP contribution is 2.22. The summed E-state index contributed by atoms with van der Waals surface area (Å²) in [6.45, 7) is 11.3. The van der Waals surface area contributed by atoms with Crippen molar-refractivity contribution < 1.29 is 9.53 Å². The minimum atomic E-state index is 0.100. The fraction of sp³-hybridized carbons (Fsp3) is 0.588. The van der Waals surface area contributed by atoms with Crippen molar-refractivity contribution in [2.24, 2.45) is 0 Å². The predicted molar refractivity (Wildman–Crippen MR) is 85.0 cm³/mol. The van der Waals surface area contributed by atoms with Crippen molar-refractivity contribution in [3.05, 3.63) is 29.3 Å². The molecule has 0 aromatic heterocycles. The zero-order valence-electron chi connectivity index (χ0n) is 13.6. The van der Waals surface area contributed by atoms with E-state index in [1.54, 1.807) is 14.0 Å². The summed E-state index contributed by atoms with van der Waals surface area (Å²) < 4.78 is 5.43. The third-order valence-electron chi connectivity index (χ3n) is 4.22. The Hall–Kier alpha value is -1.39. The first-order chi connectivity index (χ1) is 10.0. The van der Waals surface area contributed by atoms with Crippen LogP contribution in [0.15, 0.2) is 18.2 Å². The number of hydrogen-bond donors (Lipinski definition) is 0. The smallest absolute Gasteiger partial charge is 0.159 e. The van der Waals surface area contributed by atoms with Gasteiger partial charge in [0.1, 0.15) is 5.75 Å². The molecule has 1 aromatic carbocycles. The molecule has 0 radical (unpaired) electrons. The fourth-order valence-electron chi connectivity index (χ4n) is 2.80. The Morgan fingerprint density at radius 3 is 2.43 bits per heavy atom. The second kappa shape index (κ2) is 7.05. The number of nitrogens with zero attached hydrogens (tertiary/aromatic N) is 2. The van der Waals surface area contributed by atoms with Crippen molar-refractivity contribution in [2.45, 2.75) is 33.4 Å². The number of ketones is 1. The fourth-order valence-corrected chi connectivity index (χ4v) is 2.80. The number of benzene rings is 1. The lowest BCUT2D eigenvalue weighted by molar-refractivity contribution is 0.101. The molecule has 1 saturated heterocycles. The molecule has 0 unspecified atom stereocenters. The van der Waals surface area contributed by atoms with Gasteiger partial charge in [0.25, 0.3) is 0 Å². The molecule has 1 aliphatic heterocycles. The van der Waals surface area contributed by atoms with E-state index in [9.17, 15) is 4.79 Å². The second-order valence-electron chi connectivity index (χ2n) is 5.99. The number of ether oxygens (including phenoxy) is 1. The number of carbonyl (C=O) groups excluding carboxylic acids is 1. The van der Waals surface area contributed by atoms with Crippen LogP contribution in [0.3, 0.4) is 0 Å². The molecule has 0 aliphatic carbocycles. The van der Waals surface area contributed by atoms with Crippen LogP contribution in [0.2, 0.25) is 0 Å². The van der Waals surface area contributed by atoms with Crippen LogP contribution < -0.4 is 4.74 Å². The van der Waals surface area contributed by atoms with Gasteiger partial charge in [0.2, 0.25) is 0 Å². The molecule has 116 valence electrons. The number of rotatable bonds is 5. The van der Waals surface area contributed by atoms with Crippen LogP contribution in [-0.2, 0) is 6.54 Å². The zero-order chi connectivity index (χ0) is 15.4. The van der Waals surface area contributed by atoms with Gasteiger partial charge in [-0.3, -0.25) is 14.6 Å². The van der Waals surface area contributed by atoms with Crippen LogP contribution in [0.1, 0.15) is 36.7 Å². The van der Waals surface area contributed by atoms with E-state index >= 15 is 0 Å². The van der Waals surface area contributed by atoms with Gasteiger partial charge in [-0.2, -0.15) is 0 Å². The summed E-state index contributed by atoms with van der Waals surface area (Å²) in [7, 11) is 1.68. The second-order valence-corrected chi connectivity index (χ2v) is 5.99. The van der Waals surface area contributed by atoms with Gasteiger partial charge < -0.3 is 4.74 Å². The summed E-state index contributed by atoms with van der Waals surface area (Å²) in [4.78, 5) is 16.5. The monoisotopic (exact) mass is 290 g/mol. The Labute approximate surface area is 127 Å². The maximum absolute atomic E-state index is 11.5. The standard InChI is InChI=1S/C17H26N2O2/c1-13(2)19-9-7-18(8-10-19)12-16-11-15(14(3)20)5-6-17(16)21-4/h5-6,11,13H,7-10,12H2,1-4H3. The topological polar surface area (TPSA) is 32.8 Å². The summed E-state index contributed by atoms with van der Waals surface area (Å²) in [6.07, 6.45) is 0. The number of methoxy groups -OCH3 is 1. The van der Waals surface area contributed by atoms with Gasteiger partial charge in [0.15, 0.2) is 5.78 Å². The van der Waals surface area contributed by atoms with E-state index in [2.05, 4.69) is 23.6 Å². The van der Waals surface area contributed by atoms with Crippen molar-refractivity contribution in [1.29, 1.82) is 0 Å². The first-order valence-corrected chi connectivity index (χ1v) is 7.65. The molecular formula is C17H26N2O2. The van der Waals surface area contributed by atoms with Crippen molar-refractivity contribution in [2.75, 3.05) is 33.3 Å². The minimum Gasteiger partial charge on any atom is -0.496 e. The molecule has 1 aliphatic rings. The first kappa shape index (κ1) is 16.0. The van der Waals surface area contributed by atoms with Gasteiger partial charge in [-0.1, -0.05) is 0 Å². The molecule has 0 N–H and O–H groups in total. The molecule has 1 aromatic rings. The van der Waals surface area contributed by atoms with E-state index in [1.165, 1.54) is 0 Å². The van der Waals surface area contributed by atoms with E-state index in [4.69, 9.17) is 4.74 Å². The lowest BCUT2D eigenvalue weighted by Crippen LogP contribution is -2.48. The maximum atomic E-state index is 11.5. The summed E-state index contributed by atoms with van der Waals surface area (Å²) in [5.41, 5.74) is 1.86. The molecule has 21 heavy (non-hydrogen) atoms. The SMILES string of the molecule is COc1ccc(C(C)=O)cc1CN1CCN(C(C)C)CC1. The van der Waals surface area contributed by atoms with Crippen LogP contribution in [0.4, 0.5) is 0 Å². The van der Waals surface area contributed by atoms with Gasteiger partial charge in [-0.05, 0) is 39.0 Å². The average Bonchev–Trinajstić information content (AvgIpc) is 2.47. The summed E-state index contributed by atoms with van der Waals surface area (Å²) in [6, 6.07) is 6.32. The third kappa shape index (κ3) is 4.05. The van der Waals surface area contributed by atoms with Crippen molar-refractivity contribution in [3.8, 4) is 5.75 Å². The molecule has 0 bridgehead atoms. The Kier molecular flexibility index (Phi) is 5.37. The molecule has 0 spiro atoms. The number of carbonyl (C=O) groups is 1. The van der Waals surface area contributed by atoms with Crippen molar-refractivity contribution in [1.82, 2.24) is 9.80 Å². The third-order valence-corrected chi connectivity index (χ3v) is 4.22. The van der Waals surface area contributed by atoms with E-state index in [1.807, 2.05) is 18.2 Å². The maximum Gasteiger partial charge on any atom is 0.159 e. The van der Waals surface area contributed by atoms with Crippen LogP contribution in [0.25, 0.3) is 0 Å². The Balaban J connectivity index is 2.05. The summed E-state index contributed by atoms with van der Waals surface area (Å²) in [5, 5.41) is 0. The molecule has 0 amide bonds. The van der Waals surface area contributed by atoms with E-state index in [-0.39, 0.29) is 5.78 Å². The highest BCUT2D eigenvalue weighted by atomic mass is 16.5. The molecule has 0 atom stereocenters. The molecule has 1 fully saturated rings. The predicted octanol–water partition coefficient (Wildman–Crippen LogP) is 2.42. The Morgan fingerprint density at radius 2 is 1.90 bits per heavy atom. The summed E-state index contributed by atoms with van der Waals surface area (Å²) >= 11 is 0. The number of Topliss-reactive ketones (excluding diaryl/α,β-unsaturated/α-hetero) is 1. The molecule has 4 nitrogen and oxygen atoms in total. The Morgan fingerprint density at radius 1 is 1.24 bits per heavy atom. The lowest BCUT2D eigenvalue weighted by Gasteiger charge is -2.37. The highest BCUT2D eigenvalue weighted by Gasteiger charge is 2.20. The van der Waals surface area contributed by atoms with Gasteiger partial charge in [0.05, 0.1) is 7.11 Å². The van der Waals surface area contributed by atoms with Gasteiger partial charge in [0, 0.05) is 49.9 Å². The van der Waals surface area contributed by atoms with E-state index in [0.717, 1.165) is 49.6 Å². The van der Waals surface area contributed by atoms with Crippen LogP contribution in [-0.4, -0.2) is 54.9 Å². The van der Waals surface area contributed by atoms with Crippen molar-refractivity contribution >= 4 is 5.78 Å². The van der Waals surface area contributed by atoms with E-state index in [0.29, 0.717) is 6.04 Å². The van der Waals surface area contributed by atoms with Crippen molar-refractivity contribution in [3.63, 3.8) is 0 Å². The van der Waals surface area contributed by atoms with Crippen LogP contribution in [0.5, 0.6) is 5.75 Å². The molecule has 1 heterocycles. The average molecular weight is 290 g/mol. The van der Waals surface area contributed by atoms with Crippen LogP contribution >= 0.6 is 0 Å². The van der Waals surface area contributed by atoms with Gasteiger partial charge >= 0.3 is 0 Å². The number of piperazine rings is 1. The molecule has 4 heteroatoms. The highest BCUT2D eigenvalue weighted by molar-refractivity contribution is 5.94. The quantitative estimate of drug-likeness (QED) is 0.780. The van der Waals surface area contributed by atoms with Gasteiger partial charge in [-0.15, -0.1) is 0 Å². The largest absolute Gasteiger partial charge is 0.496 e. The molecule has 2 rings (SSSR count). The zero-order valence-corrected chi connectivity index (χ0v) is 13.6. The van der Waals surface area contributed by atoms with E-state index < -0.39 is 0 Å².